The number of rotatable bonds is 3. The molecule has 2 aromatic carbocycles. The lowest BCUT2D eigenvalue weighted by atomic mass is 9.88. The Balaban J connectivity index is 1.66. The van der Waals surface area contributed by atoms with Gasteiger partial charge in [-0.05, 0) is 61.9 Å². The molecule has 26 heavy (non-hydrogen) atoms. The van der Waals surface area contributed by atoms with Gasteiger partial charge in [0.05, 0.1) is 11.7 Å². The molecule has 132 valence electrons. The van der Waals surface area contributed by atoms with Gasteiger partial charge in [-0.1, -0.05) is 41.9 Å². The second-order valence-corrected chi connectivity index (χ2v) is 7.34. The van der Waals surface area contributed by atoms with E-state index in [0.29, 0.717) is 6.04 Å². The molecule has 1 heterocycles. The van der Waals surface area contributed by atoms with Gasteiger partial charge < -0.3 is 5.32 Å². The van der Waals surface area contributed by atoms with E-state index in [2.05, 4.69) is 45.6 Å². The van der Waals surface area contributed by atoms with E-state index in [9.17, 15) is 0 Å². The Morgan fingerprint density at radius 3 is 2.73 bits per heavy atom. The second-order valence-electron chi connectivity index (χ2n) is 6.94. The molecule has 1 atom stereocenters. The highest BCUT2D eigenvalue weighted by Gasteiger charge is 2.20. The van der Waals surface area contributed by atoms with Gasteiger partial charge in [0.15, 0.2) is 0 Å². The molecule has 3 aromatic rings. The van der Waals surface area contributed by atoms with Crippen molar-refractivity contribution >= 4 is 17.4 Å². The summed E-state index contributed by atoms with van der Waals surface area (Å²) in [6.07, 6.45) is 3.48. The summed E-state index contributed by atoms with van der Waals surface area (Å²) in [5.74, 6) is 1.64. The van der Waals surface area contributed by atoms with Gasteiger partial charge in [-0.2, -0.15) is 0 Å². The Hall–Kier alpha value is -2.39. The molecule has 0 aliphatic heterocycles. The van der Waals surface area contributed by atoms with Gasteiger partial charge in [-0.25, -0.2) is 9.97 Å². The van der Waals surface area contributed by atoms with E-state index in [4.69, 9.17) is 11.6 Å². The first-order chi connectivity index (χ1) is 12.6. The standard InChI is InChI=1S/C22H22ClN3/c1-14-12-17(10-11-19(14)23)21-13-22(25-15(2)24-21)26-20-9-5-7-16-6-3-4-8-18(16)20/h3-4,6,8,10-13,20H,5,7,9H2,1-2H3,(H,24,25,26)/t20-/m1/s1. The summed E-state index contributed by atoms with van der Waals surface area (Å²) >= 11 is 6.16. The van der Waals surface area contributed by atoms with Gasteiger partial charge >= 0.3 is 0 Å². The largest absolute Gasteiger partial charge is 0.363 e. The number of hydrogen-bond donors (Lipinski definition) is 1. The van der Waals surface area contributed by atoms with Crippen LogP contribution in [0.4, 0.5) is 5.82 Å². The maximum atomic E-state index is 6.16. The average Bonchev–Trinajstić information content (AvgIpc) is 2.64. The van der Waals surface area contributed by atoms with Gasteiger partial charge in [0.1, 0.15) is 11.6 Å². The molecule has 3 nitrogen and oxygen atoms in total. The minimum absolute atomic E-state index is 0.300. The first kappa shape index (κ1) is 17.0. The van der Waals surface area contributed by atoms with Crippen LogP contribution >= 0.6 is 11.6 Å². The molecular weight excluding hydrogens is 342 g/mol. The van der Waals surface area contributed by atoms with Gasteiger partial charge in [0.2, 0.25) is 0 Å². The first-order valence-electron chi connectivity index (χ1n) is 9.07. The molecule has 1 aliphatic carbocycles. The number of benzene rings is 2. The molecule has 0 fully saturated rings. The Labute approximate surface area is 159 Å². The van der Waals surface area contributed by atoms with Gasteiger partial charge in [0, 0.05) is 16.7 Å². The van der Waals surface area contributed by atoms with Crippen LogP contribution in [0.3, 0.4) is 0 Å². The van der Waals surface area contributed by atoms with Crippen molar-refractivity contribution in [1.82, 2.24) is 9.97 Å². The molecule has 0 amide bonds. The molecule has 1 aromatic heterocycles. The number of anilines is 1. The zero-order valence-electron chi connectivity index (χ0n) is 15.1. The molecule has 4 heteroatoms. The molecular formula is C22H22ClN3. The molecule has 0 spiro atoms. The van der Waals surface area contributed by atoms with Crippen LogP contribution < -0.4 is 5.32 Å². The van der Waals surface area contributed by atoms with E-state index in [0.717, 1.165) is 46.3 Å². The second kappa shape index (κ2) is 7.08. The van der Waals surface area contributed by atoms with Crippen molar-refractivity contribution in [2.45, 2.75) is 39.2 Å². The highest BCUT2D eigenvalue weighted by Crippen LogP contribution is 2.33. The lowest BCUT2D eigenvalue weighted by Crippen LogP contribution is -2.18. The van der Waals surface area contributed by atoms with E-state index >= 15 is 0 Å². The lowest BCUT2D eigenvalue weighted by Gasteiger charge is -2.27. The minimum atomic E-state index is 0.300. The number of fused-ring (bicyclic) bond motifs is 1. The van der Waals surface area contributed by atoms with E-state index in [1.165, 1.54) is 17.5 Å². The minimum Gasteiger partial charge on any atom is -0.363 e. The summed E-state index contributed by atoms with van der Waals surface area (Å²) in [6, 6.07) is 17.0. The number of aryl methyl sites for hydroxylation is 3. The number of nitrogens with zero attached hydrogens (tertiary/aromatic N) is 2. The Morgan fingerprint density at radius 1 is 1.04 bits per heavy atom. The van der Waals surface area contributed by atoms with Crippen LogP contribution in [0.2, 0.25) is 5.02 Å². The third kappa shape index (κ3) is 3.45. The third-order valence-corrected chi connectivity index (χ3v) is 5.41. The maximum absolute atomic E-state index is 6.16. The zero-order chi connectivity index (χ0) is 18.1. The fraction of sp³-hybridized carbons (Fsp3) is 0.273. The van der Waals surface area contributed by atoms with E-state index in [-0.39, 0.29) is 0 Å². The molecule has 1 aliphatic rings. The van der Waals surface area contributed by atoms with Crippen LogP contribution in [-0.4, -0.2) is 9.97 Å². The molecule has 0 bridgehead atoms. The normalized spacial score (nSPS) is 16.2. The molecule has 0 radical (unpaired) electrons. The monoisotopic (exact) mass is 363 g/mol. The number of nitrogens with one attached hydrogen (secondary N) is 1. The first-order valence-corrected chi connectivity index (χ1v) is 9.44. The van der Waals surface area contributed by atoms with Crippen LogP contribution in [0.25, 0.3) is 11.3 Å². The highest BCUT2D eigenvalue weighted by atomic mass is 35.5. The van der Waals surface area contributed by atoms with E-state index in [1.54, 1.807) is 0 Å². The topological polar surface area (TPSA) is 37.8 Å². The molecule has 0 saturated carbocycles. The number of aromatic nitrogens is 2. The van der Waals surface area contributed by atoms with Crippen molar-refractivity contribution in [3.05, 3.63) is 76.1 Å². The van der Waals surface area contributed by atoms with Crippen LogP contribution in [0, 0.1) is 13.8 Å². The predicted octanol–water partition coefficient (Wildman–Crippen LogP) is 5.90. The van der Waals surface area contributed by atoms with Crippen molar-refractivity contribution < 1.29 is 0 Å². The van der Waals surface area contributed by atoms with Crippen molar-refractivity contribution in [3.8, 4) is 11.3 Å². The lowest BCUT2D eigenvalue weighted by molar-refractivity contribution is 0.598. The molecule has 4 rings (SSSR count). The van der Waals surface area contributed by atoms with Gasteiger partial charge in [-0.3, -0.25) is 0 Å². The summed E-state index contributed by atoms with van der Waals surface area (Å²) in [7, 11) is 0. The van der Waals surface area contributed by atoms with Crippen molar-refractivity contribution in [2.75, 3.05) is 5.32 Å². The van der Waals surface area contributed by atoms with Crippen molar-refractivity contribution in [1.29, 1.82) is 0 Å². The van der Waals surface area contributed by atoms with Gasteiger partial charge in [0.25, 0.3) is 0 Å². The quantitative estimate of drug-likeness (QED) is 0.629. The third-order valence-electron chi connectivity index (χ3n) is 4.98. The van der Waals surface area contributed by atoms with Crippen molar-refractivity contribution in [2.24, 2.45) is 0 Å². The summed E-state index contributed by atoms with van der Waals surface area (Å²) in [4.78, 5) is 9.24. The summed E-state index contributed by atoms with van der Waals surface area (Å²) < 4.78 is 0. The van der Waals surface area contributed by atoms with E-state index < -0.39 is 0 Å². The number of halogens is 1. The average molecular weight is 364 g/mol. The number of hydrogen-bond acceptors (Lipinski definition) is 3. The Kier molecular flexibility index (Phi) is 4.64. The van der Waals surface area contributed by atoms with E-state index in [1.807, 2.05) is 32.0 Å². The van der Waals surface area contributed by atoms with Crippen molar-refractivity contribution in [3.63, 3.8) is 0 Å². The van der Waals surface area contributed by atoms with Gasteiger partial charge in [-0.15, -0.1) is 0 Å². The molecule has 0 unspecified atom stereocenters. The molecule has 0 saturated heterocycles. The highest BCUT2D eigenvalue weighted by molar-refractivity contribution is 6.31. The van der Waals surface area contributed by atoms with Crippen LogP contribution in [0.1, 0.15) is 41.4 Å². The fourth-order valence-corrected chi connectivity index (χ4v) is 3.79. The zero-order valence-corrected chi connectivity index (χ0v) is 15.8. The van der Waals surface area contributed by atoms with Crippen LogP contribution in [0.5, 0.6) is 0 Å². The maximum Gasteiger partial charge on any atom is 0.130 e. The summed E-state index contributed by atoms with van der Waals surface area (Å²) in [5, 5.41) is 4.41. The fourth-order valence-electron chi connectivity index (χ4n) is 3.68. The smallest absolute Gasteiger partial charge is 0.130 e. The van der Waals surface area contributed by atoms with Crippen LogP contribution in [0.15, 0.2) is 48.5 Å². The predicted molar refractivity (Wildman–Crippen MR) is 108 cm³/mol. The SMILES string of the molecule is Cc1nc(N[C@@H]2CCCc3ccccc32)cc(-c2ccc(Cl)c(C)c2)n1. The summed E-state index contributed by atoms with van der Waals surface area (Å²) in [5.41, 5.74) is 5.86. The molecule has 1 N–H and O–H groups in total. The summed E-state index contributed by atoms with van der Waals surface area (Å²) in [6.45, 7) is 3.95. The Bertz CT molecular complexity index is 952. The Morgan fingerprint density at radius 2 is 1.88 bits per heavy atom. The van der Waals surface area contributed by atoms with Crippen LogP contribution in [-0.2, 0) is 6.42 Å².